The fourth-order valence-electron chi connectivity index (χ4n) is 3.96. The number of nitrogens with one attached hydrogen (secondary N) is 1. The number of quaternary nitrogens is 1. The monoisotopic (exact) mass is 386 g/mol. The maximum absolute atomic E-state index is 13.0. The van der Waals surface area contributed by atoms with Crippen LogP contribution in [0.5, 0.6) is 0 Å². The minimum Gasteiger partial charge on any atom is -0.467 e. The standard InChI is InChI=1S/C21H24ClN3O2/c22-17-8-6-16(7-9-17)18-15-19(20-5-4-14-27-20)25(23-18)21(26)10-13-24-11-2-1-3-12-24/h4-9,14,19H,1-3,10-13,15H2/p+1/t19-/m0/s1. The van der Waals surface area contributed by atoms with Gasteiger partial charge in [-0.15, -0.1) is 0 Å². The van der Waals surface area contributed by atoms with Crippen molar-refractivity contribution in [1.29, 1.82) is 0 Å². The third-order valence-corrected chi connectivity index (χ3v) is 5.72. The van der Waals surface area contributed by atoms with Crippen molar-refractivity contribution in [3.05, 3.63) is 59.0 Å². The molecular weight excluding hydrogens is 362 g/mol. The molecule has 5 nitrogen and oxygen atoms in total. The summed E-state index contributed by atoms with van der Waals surface area (Å²) in [5.74, 6) is 0.847. The molecule has 1 atom stereocenters. The van der Waals surface area contributed by atoms with E-state index in [0.717, 1.165) is 23.6 Å². The first-order valence-corrected chi connectivity index (χ1v) is 10.1. The number of halogens is 1. The molecule has 0 saturated carbocycles. The van der Waals surface area contributed by atoms with E-state index in [1.807, 2.05) is 36.4 Å². The van der Waals surface area contributed by atoms with E-state index in [9.17, 15) is 4.79 Å². The van der Waals surface area contributed by atoms with Gasteiger partial charge in [-0.05, 0) is 49.1 Å². The quantitative estimate of drug-likeness (QED) is 0.858. The van der Waals surface area contributed by atoms with Crippen LogP contribution in [-0.4, -0.2) is 36.3 Å². The lowest BCUT2D eigenvalue weighted by atomic mass is 10.0. The number of furan rings is 1. The number of amides is 1. The summed E-state index contributed by atoms with van der Waals surface area (Å²) in [7, 11) is 0. The fourth-order valence-corrected chi connectivity index (χ4v) is 4.09. The lowest BCUT2D eigenvalue weighted by Gasteiger charge is -2.25. The summed E-state index contributed by atoms with van der Waals surface area (Å²) in [6.45, 7) is 3.23. The number of likely N-dealkylation sites (tertiary alicyclic amines) is 1. The Labute approximate surface area is 164 Å². The predicted molar refractivity (Wildman–Crippen MR) is 105 cm³/mol. The molecule has 1 amide bonds. The largest absolute Gasteiger partial charge is 0.467 e. The number of hydrazone groups is 1. The zero-order valence-electron chi connectivity index (χ0n) is 15.4. The van der Waals surface area contributed by atoms with E-state index in [1.165, 1.54) is 37.3 Å². The van der Waals surface area contributed by atoms with Crippen LogP contribution in [0, 0.1) is 0 Å². The number of piperidine rings is 1. The molecule has 6 heteroatoms. The number of carbonyl (C=O) groups is 1. The van der Waals surface area contributed by atoms with Gasteiger partial charge in [0.25, 0.3) is 0 Å². The van der Waals surface area contributed by atoms with Crippen LogP contribution in [0.1, 0.15) is 49.5 Å². The second-order valence-corrected chi connectivity index (χ2v) is 7.77. The zero-order chi connectivity index (χ0) is 18.6. The highest BCUT2D eigenvalue weighted by atomic mass is 35.5. The SMILES string of the molecule is O=C(CC[NH+]1CCCCC1)N1N=C(c2ccc(Cl)cc2)C[C@H]1c1ccco1. The number of hydrogen-bond donors (Lipinski definition) is 1. The van der Waals surface area contributed by atoms with Crippen LogP contribution in [0.3, 0.4) is 0 Å². The summed E-state index contributed by atoms with van der Waals surface area (Å²) in [6.07, 6.45) is 6.67. The van der Waals surface area contributed by atoms with Gasteiger partial charge in [0, 0.05) is 11.4 Å². The van der Waals surface area contributed by atoms with Crippen molar-refractivity contribution < 1.29 is 14.1 Å². The van der Waals surface area contributed by atoms with Crippen molar-refractivity contribution in [3.8, 4) is 0 Å². The molecule has 2 aliphatic heterocycles. The van der Waals surface area contributed by atoms with Crippen molar-refractivity contribution in [1.82, 2.24) is 5.01 Å². The number of hydrogen-bond acceptors (Lipinski definition) is 3. The van der Waals surface area contributed by atoms with Crippen molar-refractivity contribution in [3.63, 3.8) is 0 Å². The molecule has 1 aromatic carbocycles. The van der Waals surface area contributed by atoms with E-state index in [1.54, 1.807) is 11.3 Å². The van der Waals surface area contributed by atoms with Crippen LogP contribution in [0.2, 0.25) is 5.02 Å². The Kier molecular flexibility index (Phi) is 5.60. The highest BCUT2D eigenvalue weighted by Crippen LogP contribution is 2.33. The van der Waals surface area contributed by atoms with E-state index in [0.29, 0.717) is 17.9 Å². The summed E-state index contributed by atoms with van der Waals surface area (Å²) < 4.78 is 5.60. The third kappa shape index (κ3) is 4.25. The molecule has 1 N–H and O–H groups in total. The van der Waals surface area contributed by atoms with E-state index in [2.05, 4.69) is 5.10 Å². The highest BCUT2D eigenvalue weighted by molar-refractivity contribution is 6.30. The Morgan fingerprint density at radius 1 is 1.19 bits per heavy atom. The molecule has 0 radical (unpaired) electrons. The zero-order valence-corrected chi connectivity index (χ0v) is 16.1. The Balaban J connectivity index is 1.50. The van der Waals surface area contributed by atoms with Crippen LogP contribution in [0.4, 0.5) is 0 Å². The molecular formula is C21H25ClN3O2+. The molecule has 2 aromatic rings. The summed E-state index contributed by atoms with van der Waals surface area (Å²) in [5.41, 5.74) is 1.89. The molecule has 0 bridgehead atoms. The molecule has 0 unspecified atom stereocenters. The second-order valence-electron chi connectivity index (χ2n) is 7.34. The van der Waals surface area contributed by atoms with Gasteiger partial charge in [0.05, 0.1) is 38.0 Å². The van der Waals surface area contributed by atoms with Crippen LogP contribution in [-0.2, 0) is 4.79 Å². The van der Waals surface area contributed by atoms with E-state index < -0.39 is 0 Å². The number of carbonyl (C=O) groups excluding carboxylic acids is 1. The number of nitrogens with zero attached hydrogens (tertiary/aromatic N) is 2. The van der Waals surface area contributed by atoms with E-state index in [-0.39, 0.29) is 11.9 Å². The number of rotatable bonds is 5. The first-order valence-electron chi connectivity index (χ1n) is 9.73. The van der Waals surface area contributed by atoms with Gasteiger partial charge in [-0.25, -0.2) is 5.01 Å². The molecule has 27 heavy (non-hydrogen) atoms. The molecule has 0 spiro atoms. The predicted octanol–water partition coefficient (Wildman–Crippen LogP) is 3.07. The first kappa shape index (κ1) is 18.3. The number of benzene rings is 1. The minimum absolute atomic E-state index is 0.0680. The Bertz CT molecular complexity index is 795. The van der Waals surface area contributed by atoms with Gasteiger partial charge >= 0.3 is 0 Å². The van der Waals surface area contributed by atoms with Crippen molar-refractivity contribution >= 4 is 23.2 Å². The summed E-state index contributed by atoms with van der Waals surface area (Å²) in [5, 5.41) is 7.00. The van der Waals surface area contributed by atoms with E-state index >= 15 is 0 Å². The Morgan fingerprint density at radius 3 is 2.67 bits per heavy atom. The Hall–Kier alpha value is -2.11. The summed E-state index contributed by atoms with van der Waals surface area (Å²) >= 11 is 6.00. The van der Waals surface area contributed by atoms with Gasteiger partial charge in [-0.2, -0.15) is 5.10 Å². The lowest BCUT2D eigenvalue weighted by Crippen LogP contribution is -3.12. The molecule has 1 saturated heterocycles. The van der Waals surface area contributed by atoms with Gasteiger partial charge in [-0.1, -0.05) is 23.7 Å². The molecule has 3 heterocycles. The minimum atomic E-state index is -0.172. The van der Waals surface area contributed by atoms with Crippen LogP contribution >= 0.6 is 11.6 Å². The molecule has 1 aromatic heterocycles. The van der Waals surface area contributed by atoms with E-state index in [4.69, 9.17) is 16.0 Å². The molecule has 142 valence electrons. The van der Waals surface area contributed by atoms with Gasteiger partial charge in [0.15, 0.2) is 0 Å². The third-order valence-electron chi connectivity index (χ3n) is 5.47. The van der Waals surface area contributed by atoms with Crippen LogP contribution in [0.25, 0.3) is 0 Å². The van der Waals surface area contributed by atoms with Crippen molar-refractivity contribution in [2.24, 2.45) is 5.10 Å². The van der Waals surface area contributed by atoms with Gasteiger partial charge in [0.1, 0.15) is 11.8 Å². The smallest absolute Gasteiger partial charge is 0.249 e. The average molecular weight is 387 g/mol. The maximum Gasteiger partial charge on any atom is 0.249 e. The van der Waals surface area contributed by atoms with Crippen LogP contribution in [0.15, 0.2) is 52.2 Å². The molecule has 4 rings (SSSR count). The topological polar surface area (TPSA) is 50.2 Å². The Morgan fingerprint density at radius 2 is 1.96 bits per heavy atom. The van der Waals surface area contributed by atoms with Gasteiger partial charge in [-0.3, -0.25) is 4.79 Å². The normalized spacial score (nSPS) is 20.7. The van der Waals surface area contributed by atoms with Crippen molar-refractivity contribution in [2.45, 2.75) is 38.1 Å². The molecule has 2 aliphatic rings. The molecule has 1 fully saturated rings. The highest BCUT2D eigenvalue weighted by Gasteiger charge is 2.35. The lowest BCUT2D eigenvalue weighted by molar-refractivity contribution is -0.904. The van der Waals surface area contributed by atoms with Gasteiger partial charge in [0.2, 0.25) is 5.91 Å². The van der Waals surface area contributed by atoms with Crippen molar-refractivity contribution in [2.75, 3.05) is 19.6 Å². The van der Waals surface area contributed by atoms with Gasteiger partial charge < -0.3 is 9.32 Å². The summed E-state index contributed by atoms with van der Waals surface area (Å²) in [4.78, 5) is 14.5. The van der Waals surface area contributed by atoms with Crippen LogP contribution < -0.4 is 4.90 Å². The molecule has 0 aliphatic carbocycles. The fraction of sp³-hybridized carbons (Fsp3) is 0.429. The average Bonchev–Trinajstić information content (AvgIpc) is 3.37. The maximum atomic E-state index is 13.0. The second kappa shape index (κ2) is 8.28. The summed E-state index contributed by atoms with van der Waals surface area (Å²) in [6, 6.07) is 11.2. The first-order chi connectivity index (χ1) is 13.2.